The van der Waals surface area contributed by atoms with Crippen LogP contribution in [0.1, 0.15) is 0 Å². The zero-order chi connectivity index (χ0) is 11.8. The molecule has 0 aliphatic heterocycles. The average molecular weight is 245 g/mol. The highest BCUT2D eigenvalue weighted by molar-refractivity contribution is 7.21. The van der Waals surface area contributed by atoms with Crippen molar-refractivity contribution in [1.82, 2.24) is 9.97 Å². The Morgan fingerprint density at radius 2 is 2.12 bits per heavy atom. The second kappa shape index (κ2) is 3.78. The molecule has 3 nitrogen and oxygen atoms in total. The largest absolute Gasteiger partial charge is 0.398 e. The number of nitrogens with zero attached hydrogens (tertiary/aromatic N) is 2. The Hall–Kier alpha value is -2.01. The fourth-order valence-corrected chi connectivity index (χ4v) is 2.60. The summed E-state index contributed by atoms with van der Waals surface area (Å²) < 4.78 is 14.0. The van der Waals surface area contributed by atoms with E-state index in [0.29, 0.717) is 5.69 Å². The van der Waals surface area contributed by atoms with E-state index < -0.39 is 0 Å². The summed E-state index contributed by atoms with van der Waals surface area (Å²) in [6.45, 7) is 0. The van der Waals surface area contributed by atoms with Gasteiger partial charge in [-0.2, -0.15) is 0 Å². The third-order valence-corrected chi connectivity index (χ3v) is 3.50. The van der Waals surface area contributed by atoms with Gasteiger partial charge in [0.2, 0.25) is 0 Å². The highest BCUT2D eigenvalue weighted by atomic mass is 32.1. The molecule has 1 aromatic carbocycles. The minimum atomic E-state index is -0.339. The average Bonchev–Trinajstić information content (AvgIpc) is 2.72. The molecule has 17 heavy (non-hydrogen) atoms. The zero-order valence-electron chi connectivity index (χ0n) is 8.72. The Morgan fingerprint density at radius 3 is 2.88 bits per heavy atom. The first-order valence-electron chi connectivity index (χ1n) is 5.00. The van der Waals surface area contributed by atoms with Crippen molar-refractivity contribution in [2.75, 3.05) is 5.73 Å². The smallest absolute Gasteiger partial charge is 0.126 e. The van der Waals surface area contributed by atoms with Crippen LogP contribution in [0.4, 0.5) is 10.1 Å². The summed E-state index contributed by atoms with van der Waals surface area (Å²) in [5, 5.41) is 0.783. The van der Waals surface area contributed by atoms with Crippen molar-refractivity contribution in [3.05, 3.63) is 42.5 Å². The molecule has 0 radical (unpaired) electrons. The summed E-state index contributed by atoms with van der Waals surface area (Å²) in [5.41, 5.74) is 7.77. The number of halogens is 1. The summed E-state index contributed by atoms with van der Waals surface area (Å²) in [6.07, 6.45) is 3.42. The van der Waals surface area contributed by atoms with Crippen LogP contribution in [0.25, 0.3) is 20.8 Å². The van der Waals surface area contributed by atoms with Gasteiger partial charge in [-0.05, 0) is 24.3 Å². The van der Waals surface area contributed by atoms with E-state index in [4.69, 9.17) is 5.73 Å². The molecule has 0 spiro atoms. The van der Waals surface area contributed by atoms with Gasteiger partial charge in [-0.15, -0.1) is 11.3 Å². The van der Waals surface area contributed by atoms with Gasteiger partial charge < -0.3 is 5.73 Å². The lowest BCUT2D eigenvalue weighted by Gasteiger charge is -2.00. The van der Waals surface area contributed by atoms with E-state index in [1.807, 2.05) is 6.07 Å². The normalized spacial score (nSPS) is 10.9. The molecule has 0 bridgehead atoms. The minimum Gasteiger partial charge on any atom is -0.398 e. The van der Waals surface area contributed by atoms with E-state index in [2.05, 4.69) is 9.97 Å². The summed E-state index contributed by atoms with van der Waals surface area (Å²) in [5.74, 6) is -0.339. The van der Waals surface area contributed by atoms with Crippen molar-refractivity contribution >= 4 is 27.2 Å². The third kappa shape index (κ3) is 1.74. The molecule has 3 rings (SSSR count). The van der Waals surface area contributed by atoms with Crippen LogP contribution in [0.15, 0.2) is 36.7 Å². The Morgan fingerprint density at radius 1 is 1.24 bits per heavy atom. The highest BCUT2D eigenvalue weighted by Gasteiger charge is 2.09. The van der Waals surface area contributed by atoms with Gasteiger partial charge in [-0.1, -0.05) is 0 Å². The molecule has 0 amide bonds. The Bertz CT molecular complexity index is 660. The summed E-state index contributed by atoms with van der Waals surface area (Å²) in [7, 11) is 0. The van der Waals surface area contributed by atoms with Crippen LogP contribution in [-0.2, 0) is 0 Å². The molecule has 0 saturated heterocycles. The Labute approximate surface area is 101 Å². The fourth-order valence-electron chi connectivity index (χ4n) is 1.62. The second-order valence-corrected chi connectivity index (χ2v) is 4.62. The highest BCUT2D eigenvalue weighted by Crippen LogP contribution is 2.33. The molecule has 0 aliphatic carbocycles. The quantitative estimate of drug-likeness (QED) is 0.670. The molecule has 84 valence electrons. The first kappa shape index (κ1) is 10.2. The van der Waals surface area contributed by atoms with Crippen molar-refractivity contribution in [1.29, 1.82) is 0 Å². The van der Waals surface area contributed by atoms with Gasteiger partial charge in [0.25, 0.3) is 0 Å². The van der Waals surface area contributed by atoms with E-state index >= 15 is 0 Å². The molecule has 0 saturated carbocycles. The number of anilines is 1. The minimum absolute atomic E-state index is 0.339. The van der Waals surface area contributed by atoms with Crippen LogP contribution < -0.4 is 5.73 Å². The molecule has 0 aliphatic rings. The van der Waals surface area contributed by atoms with Crippen molar-refractivity contribution in [3.63, 3.8) is 0 Å². The summed E-state index contributed by atoms with van der Waals surface area (Å²) in [4.78, 5) is 8.44. The van der Waals surface area contributed by atoms with Gasteiger partial charge in [0.1, 0.15) is 16.3 Å². The van der Waals surface area contributed by atoms with E-state index in [9.17, 15) is 4.39 Å². The van der Waals surface area contributed by atoms with Gasteiger partial charge in [-0.3, -0.25) is 4.98 Å². The lowest BCUT2D eigenvalue weighted by molar-refractivity contribution is 0.628. The number of hydrogen-bond acceptors (Lipinski definition) is 4. The molecular formula is C12H8FN3S. The number of nitrogens with two attached hydrogens (primary N) is 1. The number of hydrogen-bond donors (Lipinski definition) is 1. The van der Waals surface area contributed by atoms with Gasteiger partial charge in [0.05, 0.1) is 10.9 Å². The number of pyridine rings is 1. The first-order valence-corrected chi connectivity index (χ1v) is 5.81. The molecule has 2 aromatic heterocycles. The summed E-state index contributed by atoms with van der Waals surface area (Å²) >= 11 is 1.52. The van der Waals surface area contributed by atoms with Crippen LogP contribution in [0.5, 0.6) is 0 Å². The Kier molecular flexibility index (Phi) is 2.26. The number of rotatable bonds is 1. The maximum absolute atomic E-state index is 13.0. The van der Waals surface area contributed by atoms with E-state index in [1.165, 1.54) is 23.5 Å². The second-order valence-electron chi connectivity index (χ2n) is 3.59. The maximum Gasteiger partial charge on any atom is 0.126 e. The van der Waals surface area contributed by atoms with Crippen molar-refractivity contribution < 1.29 is 4.39 Å². The topological polar surface area (TPSA) is 51.8 Å². The molecule has 0 fully saturated rings. The van der Waals surface area contributed by atoms with E-state index in [-0.39, 0.29) is 5.82 Å². The molecule has 2 heterocycles. The van der Waals surface area contributed by atoms with Crippen molar-refractivity contribution in [2.45, 2.75) is 0 Å². The van der Waals surface area contributed by atoms with Crippen LogP contribution in [0, 0.1) is 5.82 Å². The van der Waals surface area contributed by atoms with E-state index in [1.54, 1.807) is 18.5 Å². The van der Waals surface area contributed by atoms with Gasteiger partial charge in [0.15, 0.2) is 0 Å². The molecule has 2 N–H and O–H groups in total. The maximum atomic E-state index is 13.0. The fraction of sp³-hybridized carbons (Fsp3) is 0. The number of aromatic nitrogens is 2. The number of thiazole rings is 1. The van der Waals surface area contributed by atoms with Crippen LogP contribution in [-0.4, -0.2) is 9.97 Å². The zero-order valence-corrected chi connectivity index (χ0v) is 9.54. The van der Waals surface area contributed by atoms with Gasteiger partial charge >= 0.3 is 0 Å². The van der Waals surface area contributed by atoms with Crippen LogP contribution >= 0.6 is 11.3 Å². The molecule has 3 aromatic rings. The molecule has 0 unspecified atom stereocenters. The summed E-state index contributed by atoms with van der Waals surface area (Å²) in [6, 6.07) is 6.24. The van der Waals surface area contributed by atoms with E-state index in [0.717, 1.165) is 20.8 Å². The van der Waals surface area contributed by atoms with Crippen LogP contribution in [0.3, 0.4) is 0 Å². The molecular weight excluding hydrogens is 237 g/mol. The number of nitrogen functional groups attached to an aromatic ring is 1. The monoisotopic (exact) mass is 245 g/mol. The predicted molar refractivity (Wildman–Crippen MR) is 67.2 cm³/mol. The number of benzene rings is 1. The molecule has 5 heteroatoms. The van der Waals surface area contributed by atoms with Crippen molar-refractivity contribution in [3.8, 4) is 10.6 Å². The van der Waals surface area contributed by atoms with Gasteiger partial charge in [-0.25, -0.2) is 9.37 Å². The number of fused-ring (bicyclic) bond motifs is 1. The predicted octanol–water partition coefficient (Wildman–Crippen LogP) is 3.08. The lowest BCUT2D eigenvalue weighted by Crippen LogP contribution is -1.90. The van der Waals surface area contributed by atoms with Crippen molar-refractivity contribution in [2.24, 2.45) is 0 Å². The SMILES string of the molecule is Nc1cc(F)ccc1-c1nc2cnccc2s1. The first-order chi connectivity index (χ1) is 8.24. The lowest BCUT2D eigenvalue weighted by atomic mass is 10.2. The Balaban J connectivity index is 2.20. The molecule has 0 atom stereocenters. The third-order valence-electron chi connectivity index (χ3n) is 2.43. The van der Waals surface area contributed by atoms with Gasteiger partial charge in [0, 0.05) is 17.4 Å². The standard InChI is InChI=1S/C12H8FN3S/c13-7-1-2-8(9(14)5-7)12-16-10-6-15-4-3-11(10)17-12/h1-6H,14H2. The van der Waals surface area contributed by atoms with Crippen LogP contribution in [0.2, 0.25) is 0 Å².